The van der Waals surface area contributed by atoms with Gasteiger partial charge in [-0.1, -0.05) is 31.2 Å². The molecular formula is C15H21N3. The van der Waals surface area contributed by atoms with Gasteiger partial charge in [-0.15, -0.1) is 0 Å². The van der Waals surface area contributed by atoms with Gasteiger partial charge in [-0.3, -0.25) is 4.99 Å². The zero-order valence-electron chi connectivity index (χ0n) is 11.2. The largest absolute Gasteiger partial charge is 0.370 e. The fourth-order valence-corrected chi connectivity index (χ4v) is 2.89. The Hall–Kier alpha value is -1.51. The van der Waals surface area contributed by atoms with E-state index in [1.54, 1.807) is 0 Å². The molecule has 0 spiro atoms. The fraction of sp³-hybridized carbons (Fsp3) is 0.533. The molecule has 0 aromatic heterocycles. The van der Waals surface area contributed by atoms with E-state index < -0.39 is 0 Å². The van der Waals surface area contributed by atoms with Gasteiger partial charge >= 0.3 is 0 Å². The maximum absolute atomic E-state index is 6.06. The van der Waals surface area contributed by atoms with Gasteiger partial charge < -0.3 is 10.6 Å². The van der Waals surface area contributed by atoms with Crippen LogP contribution in [-0.2, 0) is 12.0 Å². The van der Waals surface area contributed by atoms with Crippen molar-refractivity contribution < 1.29 is 0 Å². The third-order valence-electron chi connectivity index (χ3n) is 4.22. The molecule has 0 amide bonds. The molecule has 1 aromatic rings. The first kappa shape index (κ1) is 11.6. The molecule has 3 rings (SSSR count). The van der Waals surface area contributed by atoms with Crippen molar-refractivity contribution in [2.24, 2.45) is 10.7 Å². The second kappa shape index (κ2) is 4.01. The van der Waals surface area contributed by atoms with Gasteiger partial charge in [0, 0.05) is 6.04 Å². The molecule has 1 fully saturated rings. The minimum atomic E-state index is -0.0441. The Bertz CT molecular complexity index is 473. The van der Waals surface area contributed by atoms with E-state index in [1.165, 1.54) is 24.0 Å². The number of benzene rings is 1. The maximum Gasteiger partial charge on any atom is 0.192 e. The Morgan fingerprint density at radius 3 is 2.56 bits per heavy atom. The maximum atomic E-state index is 6.06. The predicted molar refractivity (Wildman–Crippen MR) is 74.5 cm³/mol. The van der Waals surface area contributed by atoms with Crippen molar-refractivity contribution in [1.29, 1.82) is 0 Å². The van der Waals surface area contributed by atoms with Crippen LogP contribution in [0.15, 0.2) is 29.3 Å². The lowest BCUT2D eigenvalue weighted by atomic mass is 9.90. The first-order valence-electron chi connectivity index (χ1n) is 6.84. The summed E-state index contributed by atoms with van der Waals surface area (Å²) in [6.45, 7) is 5.22. The smallest absolute Gasteiger partial charge is 0.192 e. The van der Waals surface area contributed by atoms with Crippen LogP contribution in [0.5, 0.6) is 0 Å². The zero-order chi connectivity index (χ0) is 12.8. The minimum absolute atomic E-state index is 0.0441. The van der Waals surface area contributed by atoms with Crippen LogP contribution < -0.4 is 5.73 Å². The van der Waals surface area contributed by atoms with Crippen molar-refractivity contribution in [1.82, 2.24) is 4.90 Å². The van der Waals surface area contributed by atoms with E-state index in [2.05, 4.69) is 48.0 Å². The summed E-state index contributed by atoms with van der Waals surface area (Å²) in [5.74, 6) is 0.722. The number of nitrogens with zero attached hydrogens (tertiary/aromatic N) is 2. The molecule has 1 unspecified atom stereocenters. The standard InChI is InChI=1S/C15H21N3/c1-3-11-4-6-12(7-5-11)15(2)10-17-14(16)18(15)13-8-9-13/h4-7,13H,3,8-10H2,1-2H3,(H2,16,17). The molecule has 3 heteroatoms. The first-order valence-corrected chi connectivity index (χ1v) is 6.84. The summed E-state index contributed by atoms with van der Waals surface area (Å²) in [7, 11) is 0. The number of guanidine groups is 1. The highest BCUT2D eigenvalue weighted by Crippen LogP contribution is 2.41. The van der Waals surface area contributed by atoms with Crippen molar-refractivity contribution in [2.75, 3.05) is 6.54 Å². The number of hydrogen-bond donors (Lipinski definition) is 1. The number of aryl methyl sites for hydroxylation is 1. The average Bonchev–Trinajstić information content (AvgIpc) is 3.17. The molecule has 2 N–H and O–H groups in total. The molecule has 1 atom stereocenters. The molecule has 2 aliphatic rings. The normalized spacial score (nSPS) is 27.4. The lowest BCUT2D eigenvalue weighted by molar-refractivity contribution is 0.216. The predicted octanol–water partition coefficient (Wildman–Crippen LogP) is 2.26. The number of nitrogens with two attached hydrogens (primary N) is 1. The summed E-state index contributed by atoms with van der Waals surface area (Å²) in [4.78, 5) is 6.80. The Balaban J connectivity index is 1.93. The topological polar surface area (TPSA) is 41.6 Å². The van der Waals surface area contributed by atoms with Gasteiger partial charge in [0.15, 0.2) is 5.96 Å². The number of aliphatic imine (C=N–C) groups is 1. The average molecular weight is 243 g/mol. The van der Waals surface area contributed by atoms with Crippen LogP contribution in [0.2, 0.25) is 0 Å². The molecule has 1 aliphatic carbocycles. The van der Waals surface area contributed by atoms with Gasteiger partial charge in [-0.2, -0.15) is 0 Å². The summed E-state index contributed by atoms with van der Waals surface area (Å²) in [6, 6.07) is 9.53. The molecular weight excluding hydrogens is 222 g/mol. The van der Waals surface area contributed by atoms with Gasteiger partial charge in [0.25, 0.3) is 0 Å². The lowest BCUT2D eigenvalue weighted by Crippen LogP contribution is -2.48. The van der Waals surface area contributed by atoms with Crippen LogP contribution in [0.4, 0.5) is 0 Å². The van der Waals surface area contributed by atoms with E-state index in [0.29, 0.717) is 6.04 Å². The second-order valence-corrected chi connectivity index (χ2v) is 5.60. The monoisotopic (exact) mass is 243 g/mol. The quantitative estimate of drug-likeness (QED) is 0.884. The van der Waals surface area contributed by atoms with E-state index in [9.17, 15) is 0 Å². The Morgan fingerprint density at radius 1 is 1.33 bits per heavy atom. The van der Waals surface area contributed by atoms with E-state index in [-0.39, 0.29) is 5.54 Å². The summed E-state index contributed by atoms with van der Waals surface area (Å²) in [5, 5.41) is 0. The van der Waals surface area contributed by atoms with Crippen LogP contribution in [0, 0.1) is 0 Å². The van der Waals surface area contributed by atoms with Crippen molar-refractivity contribution >= 4 is 5.96 Å². The Morgan fingerprint density at radius 2 is 2.00 bits per heavy atom. The molecule has 0 saturated heterocycles. The highest BCUT2D eigenvalue weighted by molar-refractivity contribution is 5.82. The molecule has 0 radical (unpaired) electrons. The molecule has 96 valence electrons. The van der Waals surface area contributed by atoms with Crippen LogP contribution in [0.25, 0.3) is 0 Å². The van der Waals surface area contributed by atoms with Gasteiger partial charge in [-0.05, 0) is 37.3 Å². The van der Waals surface area contributed by atoms with Gasteiger partial charge in [0.1, 0.15) is 0 Å². The van der Waals surface area contributed by atoms with Crippen LogP contribution in [0.1, 0.15) is 37.8 Å². The van der Waals surface area contributed by atoms with Crippen molar-refractivity contribution in [3.05, 3.63) is 35.4 Å². The van der Waals surface area contributed by atoms with Crippen LogP contribution >= 0.6 is 0 Å². The van der Waals surface area contributed by atoms with Crippen LogP contribution in [-0.4, -0.2) is 23.4 Å². The van der Waals surface area contributed by atoms with E-state index >= 15 is 0 Å². The van der Waals surface area contributed by atoms with Gasteiger partial charge in [0.2, 0.25) is 0 Å². The Labute approximate surface area is 109 Å². The fourth-order valence-electron chi connectivity index (χ4n) is 2.89. The molecule has 3 nitrogen and oxygen atoms in total. The number of hydrogen-bond acceptors (Lipinski definition) is 3. The van der Waals surface area contributed by atoms with Gasteiger partial charge in [0.05, 0.1) is 12.1 Å². The molecule has 1 saturated carbocycles. The summed E-state index contributed by atoms with van der Waals surface area (Å²) >= 11 is 0. The van der Waals surface area contributed by atoms with Crippen LogP contribution in [0.3, 0.4) is 0 Å². The van der Waals surface area contributed by atoms with Crippen molar-refractivity contribution in [3.63, 3.8) is 0 Å². The number of rotatable bonds is 3. The minimum Gasteiger partial charge on any atom is -0.370 e. The SMILES string of the molecule is CCc1ccc(C2(C)CN=C(N)N2C2CC2)cc1. The molecule has 0 bridgehead atoms. The molecule has 18 heavy (non-hydrogen) atoms. The Kier molecular flexibility index (Phi) is 2.58. The van der Waals surface area contributed by atoms with E-state index in [4.69, 9.17) is 5.73 Å². The summed E-state index contributed by atoms with van der Waals surface area (Å²) < 4.78 is 0. The molecule has 1 aliphatic heterocycles. The molecule has 1 aromatic carbocycles. The van der Waals surface area contributed by atoms with E-state index in [0.717, 1.165) is 18.9 Å². The summed E-state index contributed by atoms with van der Waals surface area (Å²) in [6.07, 6.45) is 3.58. The second-order valence-electron chi connectivity index (χ2n) is 5.60. The third kappa shape index (κ3) is 1.69. The highest BCUT2D eigenvalue weighted by atomic mass is 15.4. The van der Waals surface area contributed by atoms with Gasteiger partial charge in [-0.25, -0.2) is 0 Å². The zero-order valence-corrected chi connectivity index (χ0v) is 11.2. The van der Waals surface area contributed by atoms with Crippen molar-refractivity contribution in [2.45, 2.75) is 44.7 Å². The van der Waals surface area contributed by atoms with Crippen molar-refractivity contribution in [3.8, 4) is 0 Å². The molecule has 1 heterocycles. The third-order valence-corrected chi connectivity index (χ3v) is 4.22. The van der Waals surface area contributed by atoms with E-state index in [1.807, 2.05) is 0 Å². The first-order chi connectivity index (χ1) is 8.65. The summed E-state index contributed by atoms with van der Waals surface area (Å²) in [5.41, 5.74) is 8.73. The highest BCUT2D eigenvalue weighted by Gasteiger charge is 2.46. The lowest BCUT2D eigenvalue weighted by Gasteiger charge is -2.37.